The second kappa shape index (κ2) is 10.1. The fourth-order valence-corrected chi connectivity index (χ4v) is 4.84. The molecule has 1 aromatic heterocycles. The minimum absolute atomic E-state index is 0.0680. The monoisotopic (exact) mass is 537 g/mol. The van der Waals surface area contributed by atoms with Crippen molar-refractivity contribution in [1.82, 2.24) is 9.99 Å². The van der Waals surface area contributed by atoms with Crippen LogP contribution in [0.5, 0.6) is 11.5 Å². The average molecular weight is 538 g/mol. The number of amidine groups is 2. The van der Waals surface area contributed by atoms with E-state index >= 15 is 0 Å². The molecule has 0 saturated heterocycles. The molecule has 8 nitrogen and oxygen atoms in total. The number of pyridine rings is 1. The number of amides is 1. The molecule has 0 bridgehead atoms. The predicted molar refractivity (Wildman–Crippen MR) is 142 cm³/mol. The lowest BCUT2D eigenvalue weighted by Gasteiger charge is -2.20. The molecule has 5 rings (SSSR count). The van der Waals surface area contributed by atoms with Crippen LogP contribution in [0, 0.1) is 5.41 Å². The Morgan fingerprint density at radius 2 is 1.97 bits per heavy atom. The Labute approximate surface area is 220 Å². The van der Waals surface area contributed by atoms with E-state index in [0.29, 0.717) is 32.3 Å². The van der Waals surface area contributed by atoms with Gasteiger partial charge in [-0.3, -0.25) is 15.2 Å². The molecule has 3 aromatic rings. The average Bonchev–Trinajstić information content (AvgIpc) is 3.31. The zero-order chi connectivity index (χ0) is 25.2. The van der Waals surface area contributed by atoms with E-state index in [1.807, 2.05) is 24.3 Å². The molecule has 0 atom stereocenters. The molecule has 0 spiro atoms. The second-order valence-electron chi connectivity index (χ2n) is 7.58. The van der Waals surface area contributed by atoms with Crippen LogP contribution in [0.2, 0.25) is 10.0 Å². The lowest BCUT2D eigenvalue weighted by Crippen LogP contribution is -2.35. The molecular weight excluding hydrogens is 521 g/mol. The van der Waals surface area contributed by atoms with Crippen molar-refractivity contribution in [3.05, 3.63) is 93.2 Å². The second-order valence-corrected chi connectivity index (χ2v) is 9.35. The Hall–Kier alpha value is -3.66. The molecule has 1 N–H and O–H groups in total. The highest BCUT2D eigenvalue weighted by atomic mass is 35.5. The van der Waals surface area contributed by atoms with Crippen molar-refractivity contribution in [3.63, 3.8) is 0 Å². The molecule has 180 valence electrons. The molecule has 0 radical (unpaired) electrons. The van der Waals surface area contributed by atoms with E-state index in [1.54, 1.807) is 36.7 Å². The predicted octanol–water partition coefficient (Wildman–Crippen LogP) is 5.64. The van der Waals surface area contributed by atoms with E-state index < -0.39 is 5.91 Å². The van der Waals surface area contributed by atoms with Crippen molar-refractivity contribution >= 4 is 63.0 Å². The highest BCUT2D eigenvalue weighted by Crippen LogP contribution is 2.38. The number of hydrazone groups is 1. The van der Waals surface area contributed by atoms with Gasteiger partial charge in [-0.05, 0) is 53.7 Å². The lowest BCUT2D eigenvalue weighted by atomic mass is 10.1. The van der Waals surface area contributed by atoms with Gasteiger partial charge in [0, 0.05) is 28.5 Å². The summed E-state index contributed by atoms with van der Waals surface area (Å²) in [6.07, 6.45) is 4.85. The van der Waals surface area contributed by atoms with Crippen LogP contribution in [-0.4, -0.2) is 39.1 Å². The van der Waals surface area contributed by atoms with Gasteiger partial charge in [-0.2, -0.15) is 15.1 Å². The molecule has 0 fully saturated rings. The van der Waals surface area contributed by atoms with Gasteiger partial charge in [0.05, 0.1) is 17.7 Å². The number of fused-ring (bicyclic) bond motifs is 1. The molecule has 36 heavy (non-hydrogen) atoms. The van der Waals surface area contributed by atoms with E-state index in [4.69, 9.17) is 38.1 Å². The molecule has 11 heteroatoms. The number of nitrogens with one attached hydrogen (secondary N) is 1. The first-order valence-corrected chi connectivity index (χ1v) is 12.2. The number of ether oxygens (including phenoxy) is 2. The topological polar surface area (TPSA) is 100 Å². The largest absolute Gasteiger partial charge is 0.493 e. The maximum atomic E-state index is 12.8. The molecule has 1 amide bonds. The zero-order valence-corrected chi connectivity index (χ0v) is 21.1. The minimum atomic E-state index is -0.546. The normalized spacial score (nSPS) is 16.1. The summed E-state index contributed by atoms with van der Waals surface area (Å²) in [5, 5.41) is 16.2. The van der Waals surface area contributed by atoms with Gasteiger partial charge in [0.15, 0.2) is 17.3 Å². The molecule has 0 saturated carbocycles. The molecule has 2 aliphatic rings. The Morgan fingerprint density at radius 3 is 2.72 bits per heavy atom. The fourth-order valence-electron chi connectivity index (χ4n) is 3.49. The Bertz CT molecular complexity index is 1470. The van der Waals surface area contributed by atoms with Crippen LogP contribution in [0.1, 0.15) is 16.7 Å². The maximum Gasteiger partial charge on any atom is 0.283 e. The SMILES string of the molecule is COc1cc(C=C2C(=N)N3N=C(c4cccnc4)SC3=NC2=O)cc(Cl)c1OCc1ccccc1Cl. The van der Waals surface area contributed by atoms with Crippen LogP contribution in [0.25, 0.3) is 6.08 Å². The van der Waals surface area contributed by atoms with Gasteiger partial charge in [-0.1, -0.05) is 41.4 Å². The molecule has 0 aliphatic carbocycles. The summed E-state index contributed by atoms with van der Waals surface area (Å²) in [7, 11) is 1.49. The first-order chi connectivity index (χ1) is 17.4. The summed E-state index contributed by atoms with van der Waals surface area (Å²) in [5.41, 5.74) is 2.18. The quantitative estimate of drug-likeness (QED) is 0.408. The van der Waals surface area contributed by atoms with E-state index in [1.165, 1.54) is 30.0 Å². The van der Waals surface area contributed by atoms with Gasteiger partial charge in [-0.15, -0.1) is 0 Å². The highest BCUT2D eigenvalue weighted by Gasteiger charge is 2.36. The lowest BCUT2D eigenvalue weighted by molar-refractivity contribution is -0.114. The first kappa shape index (κ1) is 24.1. The minimum Gasteiger partial charge on any atom is -0.493 e. The van der Waals surface area contributed by atoms with Crippen LogP contribution in [0.3, 0.4) is 0 Å². The third-order valence-corrected chi connectivity index (χ3v) is 6.86. The number of aliphatic imine (C=N–C) groups is 1. The summed E-state index contributed by atoms with van der Waals surface area (Å²) >= 11 is 13.9. The van der Waals surface area contributed by atoms with Crippen LogP contribution in [0.4, 0.5) is 0 Å². The molecule has 3 heterocycles. The third kappa shape index (κ3) is 4.73. The number of hydrogen-bond donors (Lipinski definition) is 1. The summed E-state index contributed by atoms with van der Waals surface area (Å²) in [4.78, 5) is 21.0. The summed E-state index contributed by atoms with van der Waals surface area (Å²) in [5.74, 6) is 0.0725. The standard InChI is InChI=1S/C25H17Cl2N5O3S/c1-34-20-11-14(10-19(27)21(20)35-13-16-5-2-3-7-18(16)26)9-17-22(28)32-25(30-23(17)33)36-24(31-32)15-6-4-8-29-12-15/h2-12,28H,13H2,1H3. The summed E-state index contributed by atoms with van der Waals surface area (Å²) in [6.45, 7) is 0.195. The fraction of sp³-hybridized carbons (Fsp3) is 0.0800. The smallest absolute Gasteiger partial charge is 0.283 e. The Balaban J connectivity index is 1.42. The molecule has 2 aromatic carbocycles. The number of halogens is 2. The number of rotatable bonds is 6. The van der Waals surface area contributed by atoms with Gasteiger partial charge >= 0.3 is 0 Å². The van der Waals surface area contributed by atoms with Crippen molar-refractivity contribution in [2.75, 3.05) is 7.11 Å². The van der Waals surface area contributed by atoms with Crippen molar-refractivity contribution in [1.29, 1.82) is 5.41 Å². The summed E-state index contributed by atoms with van der Waals surface area (Å²) in [6, 6.07) is 14.3. The van der Waals surface area contributed by atoms with Crippen LogP contribution >= 0.6 is 35.0 Å². The highest BCUT2D eigenvalue weighted by molar-refractivity contribution is 8.27. The zero-order valence-electron chi connectivity index (χ0n) is 18.7. The van der Waals surface area contributed by atoms with Crippen molar-refractivity contribution in [3.8, 4) is 11.5 Å². The van der Waals surface area contributed by atoms with Gasteiger partial charge in [0.2, 0.25) is 5.17 Å². The van der Waals surface area contributed by atoms with Gasteiger partial charge < -0.3 is 9.47 Å². The van der Waals surface area contributed by atoms with Crippen LogP contribution < -0.4 is 9.47 Å². The number of aromatic nitrogens is 1. The van der Waals surface area contributed by atoms with E-state index in [0.717, 1.165) is 11.1 Å². The van der Waals surface area contributed by atoms with Crippen LogP contribution in [0.15, 0.2) is 76.6 Å². The van der Waals surface area contributed by atoms with Crippen molar-refractivity contribution < 1.29 is 14.3 Å². The number of hydrogen-bond acceptors (Lipinski definition) is 7. The summed E-state index contributed by atoms with van der Waals surface area (Å²) < 4.78 is 11.4. The van der Waals surface area contributed by atoms with Gasteiger partial charge in [0.25, 0.3) is 5.91 Å². The van der Waals surface area contributed by atoms with E-state index in [-0.39, 0.29) is 23.0 Å². The van der Waals surface area contributed by atoms with E-state index in [2.05, 4.69) is 15.1 Å². The third-order valence-electron chi connectivity index (χ3n) is 5.26. The molecule has 0 unspecified atom stereocenters. The number of methoxy groups -OCH3 is 1. The van der Waals surface area contributed by atoms with Crippen LogP contribution in [-0.2, 0) is 11.4 Å². The molecular formula is C25H17Cl2N5O3S. The van der Waals surface area contributed by atoms with E-state index in [9.17, 15) is 4.79 Å². The molecule has 2 aliphatic heterocycles. The number of thioether (sulfide) groups is 1. The number of nitrogens with zero attached hydrogens (tertiary/aromatic N) is 4. The number of carbonyl (C=O) groups excluding carboxylic acids is 1. The Morgan fingerprint density at radius 1 is 1.14 bits per heavy atom. The Kier molecular flexibility index (Phi) is 6.77. The first-order valence-electron chi connectivity index (χ1n) is 10.6. The van der Waals surface area contributed by atoms with Crippen molar-refractivity contribution in [2.24, 2.45) is 10.1 Å². The number of benzene rings is 2. The van der Waals surface area contributed by atoms with Gasteiger partial charge in [0.1, 0.15) is 11.7 Å². The van der Waals surface area contributed by atoms with Gasteiger partial charge in [-0.25, -0.2) is 0 Å². The number of carbonyl (C=O) groups is 1. The maximum absolute atomic E-state index is 12.8. The van der Waals surface area contributed by atoms with Crippen molar-refractivity contribution in [2.45, 2.75) is 6.61 Å².